The van der Waals surface area contributed by atoms with Crippen molar-refractivity contribution in [2.24, 2.45) is 0 Å². The molecule has 1 saturated heterocycles. The summed E-state index contributed by atoms with van der Waals surface area (Å²) in [5, 5.41) is 0. The largest absolute Gasteiger partial charge is 0.510 e. The Bertz CT molecular complexity index is 263. The van der Waals surface area contributed by atoms with E-state index in [0.29, 0.717) is 0 Å². The Labute approximate surface area is 84.5 Å². The van der Waals surface area contributed by atoms with Crippen molar-refractivity contribution in [3.63, 3.8) is 0 Å². The van der Waals surface area contributed by atoms with Gasteiger partial charge >= 0.3 is 6.16 Å². The van der Waals surface area contributed by atoms with Gasteiger partial charge in [0.15, 0.2) is 6.61 Å². The maximum Gasteiger partial charge on any atom is 0.510 e. The van der Waals surface area contributed by atoms with E-state index in [1.165, 1.54) is 0 Å². The third-order valence-corrected chi connectivity index (χ3v) is 3.67. The number of hydrogen-bond donors (Lipinski definition) is 0. The quantitative estimate of drug-likeness (QED) is 0.404. The van der Waals surface area contributed by atoms with Gasteiger partial charge < -0.3 is 14.2 Å². The molecule has 0 saturated carbocycles. The van der Waals surface area contributed by atoms with Gasteiger partial charge in [-0.1, -0.05) is 25.6 Å². The lowest BCUT2D eigenvalue weighted by Gasteiger charge is -2.25. The fourth-order valence-corrected chi connectivity index (χ4v) is 2.08. The second-order valence-electron chi connectivity index (χ2n) is 4.16. The first-order valence-electron chi connectivity index (χ1n) is 4.38. The van der Waals surface area contributed by atoms with Crippen LogP contribution in [-0.2, 0) is 14.2 Å². The maximum atomic E-state index is 10.6. The third-order valence-electron chi connectivity index (χ3n) is 1.79. The van der Waals surface area contributed by atoms with E-state index in [4.69, 9.17) is 15.9 Å². The van der Waals surface area contributed by atoms with Crippen molar-refractivity contribution < 1.29 is 19.0 Å². The van der Waals surface area contributed by atoms with E-state index in [1.807, 2.05) is 0 Å². The van der Waals surface area contributed by atoms with Crippen molar-refractivity contribution in [1.29, 1.82) is 0 Å². The van der Waals surface area contributed by atoms with Crippen LogP contribution in [0.4, 0.5) is 4.79 Å². The molecule has 1 aliphatic rings. The predicted octanol–water partition coefficient (Wildman–Crippen LogP) is 1.38. The van der Waals surface area contributed by atoms with Crippen LogP contribution in [0.25, 0.3) is 0 Å². The Morgan fingerprint density at radius 3 is 2.64 bits per heavy atom. The van der Waals surface area contributed by atoms with Gasteiger partial charge in [-0.25, -0.2) is 4.79 Å². The molecule has 2 atom stereocenters. The van der Waals surface area contributed by atoms with Crippen LogP contribution in [0, 0.1) is 12.3 Å². The molecule has 0 aliphatic carbocycles. The fourth-order valence-electron chi connectivity index (χ4n) is 1.02. The molecule has 1 fully saturated rings. The lowest BCUT2D eigenvalue weighted by molar-refractivity contribution is -0.0792. The summed E-state index contributed by atoms with van der Waals surface area (Å²) in [6.45, 7) is 6.40. The number of cyclic esters (lactones) is 2. The maximum absolute atomic E-state index is 10.6. The molecule has 1 aliphatic heterocycles. The molecule has 4 nitrogen and oxygen atoms in total. The number of terminal acetylenes is 1. The summed E-state index contributed by atoms with van der Waals surface area (Å²) in [4.78, 5) is 10.6. The Morgan fingerprint density at radius 2 is 2.29 bits per heavy atom. The van der Waals surface area contributed by atoms with Crippen LogP contribution < -0.4 is 0 Å². The second kappa shape index (κ2) is 4.03. The average Bonchev–Trinajstić information content (AvgIpc) is 2.45. The third kappa shape index (κ3) is 2.75. The van der Waals surface area contributed by atoms with Gasteiger partial charge in [-0.2, -0.15) is 0 Å². The second-order valence-corrected chi connectivity index (χ2v) is 9.41. The summed E-state index contributed by atoms with van der Waals surface area (Å²) in [6.07, 6.45) is 4.01. The van der Waals surface area contributed by atoms with Gasteiger partial charge in [0.05, 0.1) is 8.07 Å². The molecule has 0 amide bonds. The Morgan fingerprint density at radius 1 is 1.64 bits per heavy atom. The molecular formula is C9H14O4Si. The van der Waals surface area contributed by atoms with E-state index in [0.717, 1.165) is 0 Å². The molecule has 5 heteroatoms. The van der Waals surface area contributed by atoms with Gasteiger partial charge in [-0.15, -0.1) is 6.42 Å². The van der Waals surface area contributed by atoms with Crippen LogP contribution in [-0.4, -0.2) is 32.9 Å². The molecule has 78 valence electrons. The number of carbonyl (C=O) groups excluding carboxylic acids is 1. The highest BCUT2D eigenvalue weighted by Gasteiger charge is 2.33. The van der Waals surface area contributed by atoms with Crippen molar-refractivity contribution in [3.8, 4) is 12.3 Å². The van der Waals surface area contributed by atoms with Crippen LogP contribution in [0.15, 0.2) is 0 Å². The number of rotatable bonds is 3. The first-order chi connectivity index (χ1) is 6.43. The van der Waals surface area contributed by atoms with E-state index in [2.05, 4.69) is 30.3 Å². The fraction of sp³-hybridized carbons (Fsp3) is 0.667. The molecule has 14 heavy (non-hydrogen) atoms. The zero-order chi connectivity index (χ0) is 10.8. The van der Waals surface area contributed by atoms with Crippen molar-refractivity contribution in [2.45, 2.75) is 31.7 Å². The molecule has 2 unspecified atom stereocenters. The monoisotopic (exact) mass is 214 g/mol. The lowest BCUT2D eigenvalue weighted by Crippen LogP contribution is -2.42. The summed E-state index contributed by atoms with van der Waals surface area (Å²) < 4.78 is 14.8. The molecule has 1 rings (SSSR count). The number of hydrogen-bond acceptors (Lipinski definition) is 4. The summed E-state index contributed by atoms with van der Waals surface area (Å²) >= 11 is 0. The summed E-state index contributed by atoms with van der Waals surface area (Å²) in [7, 11) is -1.58. The molecule has 0 aromatic rings. The van der Waals surface area contributed by atoms with Gasteiger partial charge in [-0.05, 0) is 0 Å². The normalized spacial score (nSPS) is 23.6. The summed E-state index contributed by atoms with van der Waals surface area (Å²) in [6, 6.07) is 0. The zero-order valence-corrected chi connectivity index (χ0v) is 9.57. The standard InChI is InChI=1S/C9H14O4Si/c1-5-8(14(2,3)4)12-7-6-11-9(10)13-7/h1,7-8H,6H2,2-4H3. The molecular weight excluding hydrogens is 200 g/mol. The van der Waals surface area contributed by atoms with Gasteiger partial charge in [-0.3, -0.25) is 0 Å². The Kier molecular flexibility index (Phi) is 3.19. The van der Waals surface area contributed by atoms with Crippen LogP contribution in [0.3, 0.4) is 0 Å². The van der Waals surface area contributed by atoms with Crippen molar-refractivity contribution in [3.05, 3.63) is 0 Å². The van der Waals surface area contributed by atoms with Crippen molar-refractivity contribution in [2.75, 3.05) is 6.61 Å². The highest BCUT2D eigenvalue weighted by Crippen LogP contribution is 2.16. The molecule has 0 bridgehead atoms. The SMILES string of the molecule is C#CC(OC1COC(=O)O1)[Si](C)(C)C. The topological polar surface area (TPSA) is 44.8 Å². The first kappa shape index (κ1) is 11.1. The first-order valence-corrected chi connectivity index (χ1v) is 7.96. The molecule has 0 aromatic carbocycles. The van der Waals surface area contributed by atoms with Gasteiger partial charge in [0.1, 0.15) is 5.73 Å². The summed E-state index contributed by atoms with van der Waals surface area (Å²) in [5.74, 6) is 2.58. The van der Waals surface area contributed by atoms with E-state index in [-0.39, 0.29) is 12.3 Å². The van der Waals surface area contributed by atoms with Crippen LogP contribution in [0.5, 0.6) is 0 Å². The van der Waals surface area contributed by atoms with Gasteiger partial charge in [0.25, 0.3) is 0 Å². The van der Waals surface area contributed by atoms with Crippen LogP contribution in [0.1, 0.15) is 0 Å². The molecule has 0 aromatic heterocycles. The summed E-state index contributed by atoms with van der Waals surface area (Å²) in [5.41, 5.74) is -0.262. The van der Waals surface area contributed by atoms with E-state index in [9.17, 15) is 4.79 Å². The van der Waals surface area contributed by atoms with Gasteiger partial charge in [0, 0.05) is 0 Å². The minimum absolute atomic E-state index is 0.126. The van der Waals surface area contributed by atoms with Gasteiger partial charge in [0.2, 0.25) is 6.29 Å². The van der Waals surface area contributed by atoms with Crippen molar-refractivity contribution in [1.82, 2.24) is 0 Å². The number of ether oxygens (including phenoxy) is 3. The van der Waals surface area contributed by atoms with Crippen molar-refractivity contribution >= 4 is 14.2 Å². The highest BCUT2D eigenvalue weighted by molar-refractivity contribution is 6.78. The van der Waals surface area contributed by atoms with Crippen LogP contribution in [0.2, 0.25) is 19.6 Å². The Hall–Kier alpha value is -0.993. The number of carbonyl (C=O) groups is 1. The predicted molar refractivity (Wildman–Crippen MR) is 53.3 cm³/mol. The van der Waals surface area contributed by atoms with Crippen LogP contribution >= 0.6 is 0 Å². The minimum Gasteiger partial charge on any atom is -0.428 e. The zero-order valence-electron chi connectivity index (χ0n) is 8.57. The highest BCUT2D eigenvalue weighted by atomic mass is 28.3. The molecule has 0 radical (unpaired) electrons. The minimum atomic E-state index is -1.58. The smallest absolute Gasteiger partial charge is 0.428 e. The average molecular weight is 214 g/mol. The van der Waals surface area contributed by atoms with E-state index < -0.39 is 20.5 Å². The lowest BCUT2D eigenvalue weighted by atomic mass is 10.6. The Balaban J connectivity index is 2.50. The molecule has 1 heterocycles. The van der Waals surface area contributed by atoms with E-state index >= 15 is 0 Å². The van der Waals surface area contributed by atoms with E-state index in [1.54, 1.807) is 0 Å². The molecule has 0 spiro atoms. The molecule has 0 N–H and O–H groups in total.